The summed E-state index contributed by atoms with van der Waals surface area (Å²) in [6, 6.07) is 89.4. The number of nitrogens with zero attached hydrogens (tertiary/aromatic N) is 2. The summed E-state index contributed by atoms with van der Waals surface area (Å²) >= 11 is 3.70. The summed E-state index contributed by atoms with van der Waals surface area (Å²) in [7, 11) is 0. The molecular formula is C66H42N2OS2. The molecule has 11 aromatic carbocycles. The molecule has 0 saturated heterocycles. The van der Waals surface area contributed by atoms with Crippen LogP contribution in [0.5, 0.6) is 11.5 Å². The summed E-state index contributed by atoms with van der Waals surface area (Å²) in [5, 5.41) is 7.34. The van der Waals surface area contributed by atoms with Gasteiger partial charge in [0, 0.05) is 80.8 Å². The van der Waals surface area contributed by atoms with Crippen LogP contribution in [0.25, 0.3) is 62.2 Å². The van der Waals surface area contributed by atoms with Gasteiger partial charge in [-0.05, 0) is 124 Å². The number of fused-ring (bicyclic) bond motifs is 17. The predicted molar refractivity (Wildman–Crippen MR) is 301 cm³/mol. The maximum atomic E-state index is 7.71. The molecule has 0 amide bonds. The number of hydrogen-bond donors (Lipinski definition) is 0. The van der Waals surface area contributed by atoms with Crippen molar-refractivity contribution in [1.29, 1.82) is 0 Å². The van der Waals surface area contributed by atoms with Gasteiger partial charge in [0.05, 0.1) is 11.1 Å². The number of anilines is 5. The van der Waals surface area contributed by atoms with Gasteiger partial charge in [-0.15, -0.1) is 22.7 Å². The van der Waals surface area contributed by atoms with Crippen molar-refractivity contribution in [3.63, 3.8) is 0 Å². The van der Waals surface area contributed by atoms with Crippen molar-refractivity contribution in [3.8, 4) is 22.6 Å². The van der Waals surface area contributed by atoms with E-state index in [0.717, 1.165) is 56.4 Å². The fourth-order valence-corrected chi connectivity index (χ4v) is 14.2. The molecule has 1 spiro atoms. The van der Waals surface area contributed by atoms with E-state index in [0.29, 0.717) is 6.54 Å². The molecule has 13 aromatic rings. The molecule has 5 heteroatoms. The van der Waals surface area contributed by atoms with Crippen LogP contribution in [0.1, 0.15) is 27.8 Å². The zero-order chi connectivity index (χ0) is 46.6. The third kappa shape index (κ3) is 6.00. The summed E-state index contributed by atoms with van der Waals surface area (Å²) in [5.74, 6) is 1.77. The zero-order valence-corrected chi connectivity index (χ0v) is 40.1. The van der Waals surface area contributed by atoms with E-state index in [-0.39, 0.29) is 0 Å². The lowest BCUT2D eigenvalue weighted by Gasteiger charge is -2.42. The van der Waals surface area contributed by atoms with E-state index in [2.05, 4.69) is 252 Å². The van der Waals surface area contributed by atoms with Crippen LogP contribution < -0.4 is 14.5 Å². The number of hydrogen-bond acceptors (Lipinski definition) is 5. The van der Waals surface area contributed by atoms with Gasteiger partial charge in [0.1, 0.15) is 11.5 Å². The van der Waals surface area contributed by atoms with Crippen LogP contribution in [0.15, 0.2) is 243 Å². The topological polar surface area (TPSA) is 15.7 Å². The highest BCUT2D eigenvalue weighted by molar-refractivity contribution is 7.26. The lowest BCUT2D eigenvalue weighted by molar-refractivity contribution is 0.442. The van der Waals surface area contributed by atoms with E-state index >= 15 is 0 Å². The van der Waals surface area contributed by atoms with Gasteiger partial charge in [-0.3, -0.25) is 0 Å². The lowest BCUT2D eigenvalue weighted by Crippen LogP contribution is -2.34. The summed E-state index contributed by atoms with van der Waals surface area (Å²) in [5.41, 5.74) is 13.4. The summed E-state index contributed by atoms with van der Waals surface area (Å²) in [6.45, 7) is 0.661. The highest BCUT2D eigenvalue weighted by Crippen LogP contribution is 2.66. The van der Waals surface area contributed by atoms with Gasteiger partial charge >= 0.3 is 0 Å². The van der Waals surface area contributed by atoms with Gasteiger partial charge in [-0.1, -0.05) is 158 Å². The highest BCUT2D eigenvalue weighted by Gasteiger charge is 2.53. The third-order valence-electron chi connectivity index (χ3n) is 14.9. The minimum Gasteiger partial charge on any atom is -0.456 e. The normalized spacial score (nSPS) is 13.1. The molecule has 2 aromatic heterocycles. The molecule has 0 radical (unpaired) electrons. The molecule has 0 atom stereocenters. The molecule has 0 fully saturated rings. The van der Waals surface area contributed by atoms with Crippen molar-refractivity contribution in [3.05, 3.63) is 270 Å². The Kier molecular flexibility index (Phi) is 8.98. The SMILES string of the molecule is c1ccc(N(Cc2ccc3sc4ccccc4c3c2)c2cccc3c2C2(c4ccccc4-c4ccccc42)c2ccc4sc5cccc(N(c6ccccc6)c6ccc7ccccc7c6)c5c4c2O3)cc1. The molecule has 1 aliphatic heterocycles. The van der Waals surface area contributed by atoms with Crippen LogP contribution >= 0.6 is 22.7 Å². The van der Waals surface area contributed by atoms with Crippen molar-refractivity contribution in [2.24, 2.45) is 0 Å². The second kappa shape index (κ2) is 15.8. The Morgan fingerprint density at radius 1 is 0.394 bits per heavy atom. The van der Waals surface area contributed by atoms with Crippen molar-refractivity contribution in [1.82, 2.24) is 0 Å². The van der Waals surface area contributed by atoms with Gasteiger partial charge < -0.3 is 14.5 Å². The molecule has 3 heterocycles. The largest absolute Gasteiger partial charge is 0.456 e. The van der Waals surface area contributed by atoms with E-state index in [1.165, 1.54) is 73.5 Å². The van der Waals surface area contributed by atoms with Crippen molar-refractivity contribution in [2.45, 2.75) is 12.0 Å². The minimum atomic E-state index is -0.734. The first-order valence-corrected chi connectivity index (χ1v) is 25.9. The first-order valence-electron chi connectivity index (χ1n) is 24.3. The number of benzene rings is 11. The molecule has 0 unspecified atom stereocenters. The Labute approximate surface area is 419 Å². The second-order valence-corrected chi connectivity index (χ2v) is 20.9. The summed E-state index contributed by atoms with van der Waals surface area (Å²) in [4.78, 5) is 4.95. The van der Waals surface area contributed by atoms with Crippen LogP contribution in [0, 0.1) is 0 Å². The molecule has 334 valence electrons. The van der Waals surface area contributed by atoms with Gasteiger partial charge in [0.25, 0.3) is 0 Å². The van der Waals surface area contributed by atoms with Gasteiger partial charge in [0.15, 0.2) is 0 Å². The minimum absolute atomic E-state index is 0.661. The summed E-state index contributed by atoms with van der Waals surface area (Å²) in [6.07, 6.45) is 0. The Morgan fingerprint density at radius 2 is 1.01 bits per heavy atom. The standard InChI is InChI=1S/C66H42N2OS2/c1-3-19-45(20-4-1)67(41-42-33-37-59-51(39-42)50-25-11-14-31-58(50)70-59)56-29-15-30-57-64(56)66(52-26-12-9-23-48(52)49-24-10-13-27-53(49)66)54-36-38-61-63(65(54)69-57)62-55(28-16-32-60(62)71-61)68(46-21-5-2-6-22-46)47-35-34-43-17-7-8-18-44(43)40-47/h1-40H,41H2. The van der Waals surface area contributed by atoms with Crippen molar-refractivity contribution < 1.29 is 4.74 Å². The lowest BCUT2D eigenvalue weighted by atomic mass is 9.65. The maximum Gasteiger partial charge on any atom is 0.141 e. The Balaban J connectivity index is 1.01. The molecule has 0 bridgehead atoms. The van der Waals surface area contributed by atoms with Gasteiger partial charge in [0.2, 0.25) is 0 Å². The Bertz CT molecular complexity index is 4220. The number of ether oxygens (including phenoxy) is 1. The quantitative estimate of drug-likeness (QED) is 0.158. The number of rotatable bonds is 7. The van der Waals surface area contributed by atoms with Crippen molar-refractivity contribution >= 4 is 102 Å². The van der Waals surface area contributed by atoms with Gasteiger partial charge in [-0.25, -0.2) is 0 Å². The second-order valence-electron chi connectivity index (χ2n) is 18.7. The smallest absolute Gasteiger partial charge is 0.141 e. The van der Waals surface area contributed by atoms with Crippen LogP contribution in [-0.4, -0.2) is 0 Å². The molecule has 0 N–H and O–H groups in total. The van der Waals surface area contributed by atoms with E-state index in [1.807, 2.05) is 22.7 Å². The molecule has 1 aliphatic carbocycles. The number of para-hydroxylation sites is 2. The third-order valence-corrected chi connectivity index (χ3v) is 17.2. The first kappa shape index (κ1) is 40.4. The van der Waals surface area contributed by atoms with E-state index in [9.17, 15) is 0 Å². The molecule has 3 nitrogen and oxygen atoms in total. The molecule has 2 aliphatic rings. The van der Waals surface area contributed by atoms with Crippen LogP contribution in [-0.2, 0) is 12.0 Å². The molecule has 71 heavy (non-hydrogen) atoms. The number of thiophene rings is 2. The van der Waals surface area contributed by atoms with E-state index in [4.69, 9.17) is 4.74 Å². The molecule has 0 saturated carbocycles. The highest BCUT2D eigenvalue weighted by atomic mass is 32.1. The Morgan fingerprint density at radius 3 is 1.83 bits per heavy atom. The fourth-order valence-electron chi connectivity index (χ4n) is 12.0. The van der Waals surface area contributed by atoms with Crippen LogP contribution in [0.3, 0.4) is 0 Å². The average Bonchev–Trinajstić information content (AvgIpc) is 4.11. The van der Waals surface area contributed by atoms with E-state index < -0.39 is 5.41 Å². The van der Waals surface area contributed by atoms with Crippen LogP contribution in [0.2, 0.25) is 0 Å². The van der Waals surface area contributed by atoms with Crippen molar-refractivity contribution in [2.75, 3.05) is 9.80 Å². The van der Waals surface area contributed by atoms with E-state index in [1.54, 1.807) is 0 Å². The van der Waals surface area contributed by atoms with Gasteiger partial charge in [-0.2, -0.15) is 0 Å². The summed E-state index contributed by atoms with van der Waals surface area (Å²) < 4.78 is 12.7. The van der Waals surface area contributed by atoms with Crippen LogP contribution in [0.4, 0.5) is 28.4 Å². The molecule has 15 rings (SSSR count). The first-order chi connectivity index (χ1) is 35.2. The maximum absolute atomic E-state index is 7.71. The predicted octanol–water partition coefficient (Wildman–Crippen LogP) is 18.9. The monoisotopic (exact) mass is 942 g/mol. The molecular weight excluding hydrogens is 901 g/mol. The zero-order valence-electron chi connectivity index (χ0n) is 38.4. The average molecular weight is 943 g/mol. The fraction of sp³-hybridized carbons (Fsp3) is 0.0303. The Hall–Kier alpha value is -8.48.